The zero-order chi connectivity index (χ0) is 19.9. The van der Waals surface area contributed by atoms with Gasteiger partial charge in [0.15, 0.2) is 12.4 Å². The van der Waals surface area contributed by atoms with Gasteiger partial charge >= 0.3 is 0 Å². The average Bonchev–Trinajstić information content (AvgIpc) is 3.09. The van der Waals surface area contributed by atoms with Crippen LogP contribution in [0.25, 0.3) is 0 Å². The predicted octanol–water partition coefficient (Wildman–Crippen LogP) is 4.70. The lowest BCUT2D eigenvalue weighted by molar-refractivity contribution is -0.164. The third kappa shape index (κ3) is 3.78. The first kappa shape index (κ1) is 19.7. The molecule has 3 saturated carbocycles. The van der Waals surface area contributed by atoms with Gasteiger partial charge < -0.3 is 10.1 Å². The van der Waals surface area contributed by atoms with E-state index in [-0.39, 0.29) is 29.3 Å². The molecular formula is C20H20Cl2N2O3S. The molecule has 0 unspecified atom stereocenters. The number of ketones is 1. The summed E-state index contributed by atoms with van der Waals surface area (Å²) in [6.07, 6.45) is 3.89. The van der Waals surface area contributed by atoms with E-state index in [9.17, 15) is 9.59 Å². The van der Waals surface area contributed by atoms with Gasteiger partial charge in [-0.2, -0.15) is 0 Å². The fourth-order valence-corrected chi connectivity index (χ4v) is 5.44. The zero-order valence-corrected chi connectivity index (χ0v) is 17.7. The number of benzene rings is 1. The van der Waals surface area contributed by atoms with Crippen molar-refractivity contribution in [2.24, 2.45) is 5.41 Å². The molecule has 148 valence electrons. The van der Waals surface area contributed by atoms with E-state index in [2.05, 4.69) is 10.3 Å². The number of Topliss-reactive ketones (excluding diaryl/α,β-unsaturated/α-hetero) is 1. The third-order valence-corrected chi connectivity index (χ3v) is 7.21. The number of halogens is 2. The summed E-state index contributed by atoms with van der Waals surface area (Å²) in [5, 5.41) is 6.73. The van der Waals surface area contributed by atoms with Crippen molar-refractivity contribution in [3.05, 3.63) is 44.3 Å². The maximum Gasteiger partial charge on any atom is 0.258 e. The van der Waals surface area contributed by atoms with E-state index in [0.717, 1.165) is 30.7 Å². The molecule has 8 heteroatoms. The monoisotopic (exact) mass is 438 g/mol. The number of amides is 1. The van der Waals surface area contributed by atoms with Crippen LogP contribution in [0.2, 0.25) is 10.0 Å². The Morgan fingerprint density at radius 3 is 2.64 bits per heavy atom. The van der Waals surface area contributed by atoms with E-state index in [1.54, 1.807) is 18.2 Å². The highest BCUT2D eigenvalue weighted by atomic mass is 35.5. The fraction of sp³-hybridized carbons (Fsp3) is 0.450. The Morgan fingerprint density at radius 2 is 2.00 bits per heavy atom. The molecule has 0 saturated heterocycles. The van der Waals surface area contributed by atoms with Crippen molar-refractivity contribution in [1.29, 1.82) is 0 Å². The van der Waals surface area contributed by atoms with Crippen LogP contribution >= 0.6 is 34.5 Å². The van der Waals surface area contributed by atoms with Gasteiger partial charge in [0.2, 0.25) is 0 Å². The van der Waals surface area contributed by atoms with Crippen LogP contribution in [0.1, 0.15) is 48.1 Å². The number of hydrogen-bond donors (Lipinski definition) is 1. The summed E-state index contributed by atoms with van der Waals surface area (Å²) in [5.74, 6) is 0.440. The summed E-state index contributed by atoms with van der Waals surface area (Å²) in [5.41, 5.74) is 0.444. The van der Waals surface area contributed by atoms with Crippen LogP contribution in [0, 0.1) is 5.41 Å². The van der Waals surface area contributed by atoms with E-state index in [4.69, 9.17) is 27.9 Å². The molecule has 1 aromatic carbocycles. The number of rotatable bonds is 8. The van der Waals surface area contributed by atoms with Gasteiger partial charge in [0.1, 0.15) is 11.4 Å². The molecule has 28 heavy (non-hydrogen) atoms. The number of thiazole rings is 1. The Bertz CT molecular complexity index is 924. The SMILES string of the molecule is CCc1nc(C(=O)CC23CC(NC(=O)COc4ccc(Cl)c(Cl)c4)(C2)C3)cs1. The van der Waals surface area contributed by atoms with E-state index in [1.807, 2.05) is 12.3 Å². The van der Waals surface area contributed by atoms with Crippen molar-refractivity contribution in [2.75, 3.05) is 6.61 Å². The Kier molecular flexibility index (Phi) is 5.14. The zero-order valence-electron chi connectivity index (χ0n) is 15.4. The summed E-state index contributed by atoms with van der Waals surface area (Å²) in [6, 6.07) is 4.89. The Hall–Kier alpha value is -1.63. The first-order valence-electron chi connectivity index (χ1n) is 9.19. The topological polar surface area (TPSA) is 68.3 Å². The molecular weight excluding hydrogens is 419 g/mol. The summed E-state index contributed by atoms with van der Waals surface area (Å²) < 4.78 is 5.48. The van der Waals surface area contributed by atoms with Gasteiger partial charge in [-0.05, 0) is 43.2 Å². The van der Waals surface area contributed by atoms with Crippen LogP contribution in [0.15, 0.2) is 23.6 Å². The molecule has 3 fully saturated rings. The smallest absolute Gasteiger partial charge is 0.258 e. The van der Waals surface area contributed by atoms with Crippen molar-refractivity contribution in [3.8, 4) is 5.75 Å². The maximum absolute atomic E-state index is 12.5. The van der Waals surface area contributed by atoms with Gasteiger partial charge in [-0.3, -0.25) is 9.59 Å². The van der Waals surface area contributed by atoms with Gasteiger partial charge in [-0.25, -0.2) is 4.98 Å². The molecule has 5 nitrogen and oxygen atoms in total. The molecule has 3 aliphatic rings. The van der Waals surface area contributed by atoms with Crippen molar-refractivity contribution >= 4 is 46.2 Å². The van der Waals surface area contributed by atoms with Crippen LogP contribution in [-0.2, 0) is 11.2 Å². The van der Waals surface area contributed by atoms with Gasteiger partial charge in [0.25, 0.3) is 5.91 Å². The molecule has 1 aromatic heterocycles. The van der Waals surface area contributed by atoms with Crippen molar-refractivity contribution in [1.82, 2.24) is 10.3 Å². The predicted molar refractivity (Wildman–Crippen MR) is 110 cm³/mol. The maximum atomic E-state index is 12.5. The number of carbonyl (C=O) groups is 2. The molecule has 1 heterocycles. The number of ether oxygens (including phenoxy) is 1. The van der Waals surface area contributed by atoms with Gasteiger partial charge in [0, 0.05) is 23.4 Å². The summed E-state index contributed by atoms with van der Waals surface area (Å²) in [4.78, 5) is 29.1. The summed E-state index contributed by atoms with van der Waals surface area (Å²) in [7, 11) is 0. The molecule has 0 radical (unpaired) electrons. The fourth-order valence-electron chi connectivity index (χ4n) is 4.40. The van der Waals surface area contributed by atoms with Crippen LogP contribution < -0.4 is 10.1 Å². The quantitative estimate of drug-likeness (QED) is 0.606. The highest BCUT2D eigenvalue weighted by Crippen LogP contribution is 2.69. The lowest BCUT2D eigenvalue weighted by atomic mass is 9.38. The van der Waals surface area contributed by atoms with Crippen LogP contribution in [-0.4, -0.2) is 28.8 Å². The van der Waals surface area contributed by atoms with Gasteiger partial charge in [-0.1, -0.05) is 30.1 Å². The number of nitrogens with zero attached hydrogens (tertiary/aromatic N) is 1. The number of aromatic nitrogens is 1. The normalized spacial score (nSPS) is 24.8. The van der Waals surface area contributed by atoms with E-state index in [0.29, 0.717) is 27.9 Å². The minimum Gasteiger partial charge on any atom is -0.484 e. The van der Waals surface area contributed by atoms with Crippen LogP contribution in [0.3, 0.4) is 0 Å². The van der Waals surface area contributed by atoms with E-state index >= 15 is 0 Å². The first-order chi connectivity index (χ1) is 13.3. The highest BCUT2D eigenvalue weighted by molar-refractivity contribution is 7.09. The van der Waals surface area contributed by atoms with Crippen LogP contribution in [0.5, 0.6) is 5.75 Å². The molecule has 1 N–H and O–H groups in total. The summed E-state index contributed by atoms with van der Waals surface area (Å²) >= 11 is 13.3. The largest absolute Gasteiger partial charge is 0.484 e. The standard InChI is InChI=1S/C20H20Cl2N2O3S/c1-2-18-23-15(8-28-18)16(25)6-19-9-20(10-19,11-19)24-17(26)7-27-12-3-4-13(21)14(22)5-12/h3-5,8H,2,6-7,9-11H2,1H3,(H,24,26). The Labute approximate surface area is 177 Å². The number of carbonyl (C=O) groups excluding carboxylic acids is 2. The molecule has 2 aromatic rings. The lowest BCUT2D eigenvalue weighted by Crippen LogP contribution is -2.75. The van der Waals surface area contributed by atoms with Gasteiger partial charge in [-0.15, -0.1) is 11.3 Å². The van der Waals surface area contributed by atoms with Gasteiger partial charge in [0.05, 0.1) is 15.1 Å². The number of aryl methyl sites for hydroxylation is 1. The van der Waals surface area contributed by atoms with Crippen molar-refractivity contribution < 1.29 is 14.3 Å². The Balaban J connectivity index is 1.23. The number of hydrogen-bond acceptors (Lipinski definition) is 5. The third-order valence-electron chi connectivity index (χ3n) is 5.48. The second-order valence-electron chi connectivity index (χ2n) is 7.80. The minimum atomic E-state index is -0.172. The van der Waals surface area contributed by atoms with E-state index in [1.165, 1.54) is 11.3 Å². The second-order valence-corrected chi connectivity index (χ2v) is 9.56. The molecule has 5 rings (SSSR count). The minimum absolute atomic E-state index is 0.0327. The molecule has 0 aliphatic heterocycles. The molecule has 2 bridgehead atoms. The highest BCUT2D eigenvalue weighted by Gasteiger charge is 2.68. The molecule has 0 atom stereocenters. The first-order valence-corrected chi connectivity index (χ1v) is 10.8. The lowest BCUT2D eigenvalue weighted by Gasteiger charge is -2.70. The second kappa shape index (κ2) is 7.32. The molecule has 1 amide bonds. The molecule has 0 spiro atoms. The molecule has 3 aliphatic carbocycles. The summed E-state index contributed by atoms with van der Waals surface area (Å²) in [6.45, 7) is 1.95. The van der Waals surface area contributed by atoms with Crippen LogP contribution in [0.4, 0.5) is 0 Å². The van der Waals surface area contributed by atoms with Crippen molar-refractivity contribution in [3.63, 3.8) is 0 Å². The van der Waals surface area contributed by atoms with Crippen molar-refractivity contribution in [2.45, 2.75) is 44.6 Å². The number of nitrogens with one attached hydrogen (secondary N) is 1. The van der Waals surface area contributed by atoms with E-state index < -0.39 is 0 Å². The average molecular weight is 439 g/mol. The Morgan fingerprint density at radius 1 is 1.25 bits per heavy atom.